The molecule has 0 aliphatic rings. The molecule has 2 aromatic heterocycles. The van der Waals surface area contributed by atoms with E-state index in [0.29, 0.717) is 0 Å². The maximum absolute atomic E-state index is 4.46. The van der Waals surface area contributed by atoms with Crippen LogP contribution >= 0.6 is 0 Å². The Morgan fingerprint density at radius 3 is 2.83 bits per heavy atom. The van der Waals surface area contributed by atoms with Crippen molar-refractivity contribution in [3.05, 3.63) is 60.4 Å². The summed E-state index contributed by atoms with van der Waals surface area (Å²) >= 11 is 0. The molecule has 0 bridgehead atoms. The van der Waals surface area contributed by atoms with Crippen molar-refractivity contribution in [2.45, 2.75) is 6.92 Å². The Labute approximate surface area is 106 Å². The Kier molecular flexibility index (Phi) is 2.49. The summed E-state index contributed by atoms with van der Waals surface area (Å²) in [4.78, 5) is 4.46. The number of rotatable bonds is 2. The monoisotopic (exact) mass is 234 g/mol. The van der Waals surface area contributed by atoms with Gasteiger partial charge in [-0.3, -0.25) is 4.40 Å². The summed E-state index contributed by atoms with van der Waals surface area (Å²) in [6.07, 6.45) is 9.86. The Bertz CT molecular complexity index is 763. The summed E-state index contributed by atoms with van der Waals surface area (Å²) in [7, 11) is 0. The number of pyridine rings is 1. The van der Waals surface area contributed by atoms with Gasteiger partial charge in [-0.25, -0.2) is 4.98 Å². The molecule has 18 heavy (non-hydrogen) atoms. The summed E-state index contributed by atoms with van der Waals surface area (Å²) < 4.78 is 2.12. The lowest BCUT2D eigenvalue weighted by Gasteiger charge is -2.10. The molecule has 2 nitrogen and oxygen atoms in total. The van der Waals surface area contributed by atoms with Crippen molar-refractivity contribution in [3.8, 4) is 0 Å². The number of aromatic nitrogens is 2. The van der Waals surface area contributed by atoms with Crippen molar-refractivity contribution in [1.82, 2.24) is 9.38 Å². The first kappa shape index (κ1) is 10.8. The van der Waals surface area contributed by atoms with Crippen LogP contribution in [0.1, 0.15) is 18.1 Å². The van der Waals surface area contributed by atoms with Crippen molar-refractivity contribution in [1.29, 1.82) is 0 Å². The third kappa shape index (κ3) is 1.39. The molecule has 3 rings (SSSR count). The lowest BCUT2D eigenvalue weighted by Crippen LogP contribution is -1.94. The van der Waals surface area contributed by atoms with Gasteiger partial charge in [0.05, 0.1) is 5.52 Å². The zero-order valence-electron chi connectivity index (χ0n) is 10.3. The largest absolute Gasteiger partial charge is 0.299 e. The average Bonchev–Trinajstić information content (AvgIpc) is 2.89. The van der Waals surface area contributed by atoms with Gasteiger partial charge >= 0.3 is 0 Å². The molecular formula is C16H14N2. The molecule has 0 amide bonds. The zero-order chi connectivity index (χ0) is 12.5. The second-order valence-corrected chi connectivity index (χ2v) is 4.17. The number of hydrogen-bond acceptors (Lipinski definition) is 1. The highest BCUT2D eigenvalue weighted by Gasteiger charge is 2.10. The molecule has 0 saturated carbocycles. The predicted molar refractivity (Wildman–Crippen MR) is 77.5 cm³/mol. The van der Waals surface area contributed by atoms with Gasteiger partial charge in [0.25, 0.3) is 0 Å². The first-order valence-corrected chi connectivity index (χ1v) is 5.99. The molecule has 2 heterocycles. The van der Waals surface area contributed by atoms with E-state index in [1.54, 1.807) is 0 Å². The Hall–Kier alpha value is -2.35. The number of hydrogen-bond donors (Lipinski definition) is 0. The molecule has 1 aromatic carbocycles. The van der Waals surface area contributed by atoms with Gasteiger partial charge in [0.15, 0.2) is 0 Å². The normalized spacial score (nSPS) is 11.6. The van der Waals surface area contributed by atoms with Gasteiger partial charge in [0.1, 0.15) is 5.65 Å². The van der Waals surface area contributed by atoms with Crippen molar-refractivity contribution < 1.29 is 0 Å². The molecular weight excluding hydrogens is 220 g/mol. The molecule has 0 radical (unpaired) electrons. The molecule has 0 aliphatic heterocycles. The number of benzene rings is 1. The number of para-hydroxylation sites is 1. The van der Waals surface area contributed by atoms with Crippen molar-refractivity contribution in [2.24, 2.45) is 0 Å². The second kappa shape index (κ2) is 4.15. The van der Waals surface area contributed by atoms with E-state index in [1.807, 2.05) is 37.5 Å². The van der Waals surface area contributed by atoms with E-state index < -0.39 is 0 Å². The summed E-state index contributed by atoms with van der Waals surface area (Å²) in [6.45, 7) is 5.96. The summed E-state index contributed by atoms with van der Waals surface area (Å²) in [5.74, 6) is 0. The predicted octanol–water partition coefficient (Wildman–Crippen LogP) is 4.16. The smallest absolute Gasteiger partial charge is 0.145 e. The van der Waals surface area contributed by atoms with Gasteiger partial charge in [0.2, 0.25) is 0 Å². The van der Waals surface area contributed by atoms with Gasteiger partial charge < -0.3 is 0 Å². The van der Waals surface area contributed by atoms with E-state index in [1.165, 1.54) is 5.39 Å². The van der Waals surface area contributed by atoms with Crippen LogP contribution in [0, 0.1) is 0 Å². The summed E-state index contributed by atoms with van der Waals surface area (Å²) in [5.41, 5.74) is 4.40. The topological polar surface area (TPSA) is 17.3 Å². The molecule has 0 saturated heterocycles. The van der Waals surface area contributed by atoms with Crippen LogP contribution < -0.4 is 0 Å². The van der Waals surface area contributed by atoms with Crippen LogP contribution in [0.3, 0.4) is 0 Å². The molecule has 88 valence electrons. The SMILES string of the molecule is C=Cc1c(/C=C\C)c2nccn2c2ccccc12. The summed E-state index contributed by atoms with van der Waals surface area (Å²) in [5, 5.41) is 1.20. The first-order valence-electron chi connectivity index (χ1n) is 5.99. The fourth-order valence-corrected chi connectivity index (χ4v) is 2.43. The van der Waals surface area contributed by atoms with E-state index in [-0.39, 0.29) is 0 Å². The maximum atomic E-state index is 4.46. The summed E-state index contributed by atoms with van der Waals surface area (Å²) in [6, 6.07) is 8.33. The molecule has 0 unspecified atom stereocenters. The van der Waals surface area contributed by atoms with Crippen LogP contribution in [-0.2, 0) is 0 Å². The minimum absolute atomic E-state index is 0.974. The number of imidazole rings is 1. The van der Waals surface area contributed by atoms with E-state index in [2.05, 4.69) is 40.2 Å². The highest BCUT2D eigenvalue weighted by atomic mass is 15.0. The van der Waals surface area contributed by atoms with Crippen molar-refractivity contribution in [3.63, 3.8) is 0 Å². The quantitative estimate of drug-likeness (QED) is 0.650. The van der Waals surface area contributed by atoms with Gasteiger partial charge in [-0.2, -0.15) is 0 Å². The van der Waals surface area contributed by atoms with E-state index in [9.17, 15) is 0 Å². The third-order valence-corrected chi connectivity index (χ3v) is 3.16. The van der Waals surface area contributed by atoms with Gasteiger partial charge in [-0.05, 0) is 18.6 Å². The van der Waals surface area contributed by atoms with Crippen LogP contribution in [0.5, 0.6) is 0 Å². The highest BCUT2D eigenvalue weighted by molar-refractivity contribution is 5.96. The van der Waals surface area contributed by atoms with Crippen LogP contribution in [0.25, 0.3) is 28.7 Å². The fraction of sp³-hybridized carbons (Fsp3) is 0.0625. The van der Waals surface area contributed by atoms with Crippen LogP contribution in [0.4, 0.5) is 0 Å². The number of fused-ring (bicyclic) bond motifs is 3. The number of nitrogens with zero attached hydrogens (tertiary/aromatic N) is 2. The van der Waals surface area contributed by atoms with E-state index in [4.69, 9.17) is 0 Å². The lowest BCUT2D eigenvalue weighted by atomic mass is 10.0. The second-order valence-electron chi connectivity index (χ2n) is 4.17. The van der Waals surface area contributed by atoms with Crippen LogP contribution in [0.15, 0.2) is 49.3 Å². The Morgan fingerprint density at radius 2 is 2.06 bits per heavy atom. The number of allylic oxidation sites excluding steroid dienone is 1. The Morgan fingerprint density at radius 1 is 1.22 bits per heavy atom. The average molecular weight is 234 g/mol. The molecule has 2 heteroatoms. The van der Waals surface area contributed by atoms with Gasteiger partial charge in [0, 0.05) is 23.3 Å². The maximum Gasteiger partial charge on any atom is 0.145 e. The standard InChI is InChI=1S/C16H14N2/c1-3-7-14-12(4-2)13-8-5-6-9-15(13)18-11-10-17-16(14)18/h3-11H,2H2,1H3/b7-3-. The molecule has 0 spiro atoms. The minimum atomic E-state index is 0.974. The first-order chi connectivity index (χ1) is 8.86. The molecule has 0 N–H and O–H groups in total. The fourth-order valence-electron chi connectivity index (χ4n) is 2.43. The van der Waals surface area contributed by atoms with Crippen LogP contribution in [-0.4, -0.2) is 9.38 Å². The highest BCUT2D eigenvalue weighted by Crippen LogP contribution is 2.28. The zero-order valence-corrected chi connectivity index (χ0v) is 10.3. The third-order valence-electron chi connectivity index (χ3n) is 3.16. The van der Waals surface area contributed by atoms with Gasteiger partial charge in [-0.15, -0.1) is 0 Å². The molecule has 3 aromatic rings. The Balaban J connectivity index is 2.63. The van der Waals surface area contributed by atoms with Crippen molar-refractivity contribution in [2.75, 3.05) is 0 Å². The molecule has 0 fully saturated rings. The van der Waals surface area contributed by atoms with Crippen molar-refractivity contribution >= 4 is 28.7 Å². The van der Waals surface area contributed by atoms with E-state index >= 15 is 0 Å². The van der Waals surface area contributed by atoms with Crippen LogP contribution in [0.2, 0.25) is 0 Å². The molecule has 0 aliphatic carbocycles. The van der Waals surface area contributed by atoms with E-state index in [0.717, 1.165) is 22.3 Å². The lowest BCUT2D eigenvalue weighted by molar-refractivity contribution is 1.25. The minimum Gasteiger partial charge on any atom is -0.299 e. The molecule has 0 atom stereocenters. The van der Waals surface area contributed by atoms with Gasteiger partial charge in [-0.1, -0.05) is 43.0 Å².